The van der Waals surface area contributed by atoms with Gasteiger partial charge in [-0.3, -0.25) is 14.9 Å². The van der Waals surface area contributed by atoms with Crippen molar-refractivity contribution < 1.29 is 4.79 Å². The van der Waals surface area contributed by atoms with Gasteiger partial charge in [0.15, 0.2) is 0 Å². The van der Waals surface area contributed by atoms with Crippen molar-refractivity contribution in [3.8, 4) is 0 Å². The van der Waals surface area contributed by atoms with Crippen molar-refractivity contribution >= 4 is 11.7 Å². The van der Waals surface area contributed by atoms with Gasteiger partial charge in [-0.1, -0.05) is 0 Å². The van der Waals surface area contributed by atoms with Crippen LogP contribution in [-0.2, 0) is 0 Å². The zero-order valence-corrected chi connectivity index (χ0v) is 9.79. The number of nitrogens with one attached hydrogen (secondary N) is 1. The Bertz CT molecular complexity index is 488. The summed E-state index contributed by atoms with van der Waals surface area (Å²) in [5.74, 6) is 0.640. The molecular weight excluding hydrogens is 216 g/mol. The standard InChI is InChI=1S/C12H14N4O/c1-15(2)12(17)10-5-6-11(13-9-10)14-16-7-3-4-8-16/h3-9H,1-2H3,(H,13,14). The smallest absolute Gasteiger partial charge is 0.254 e. The van der Waals surface area contributed by atoms with E-state index in [1.165, 1.54) is 4.90 Å². The van der Waals surface area contributed by atoms with Gasteiger partial charge in [-0.05, 0) is 24.3 Å². The van der Waals surface area contributed by atoms with Crippen molar-refractivity contribution in [1.82, 2.24) is 14.6 Å². The summed E-state index contributed by atoms with van der Waals surface area (Å²) in [5.41, 5.74) is 3.64. The summed E-state index contributed by atoms with van der Waals surface area (Å²) in [5, 5.41) is 0. The predicted octanol–water partition coefficient (Wildman–Crippen LogP) is 1.46. The number of anilines is 1. The summed E-state index contributed by atoms with van der Waals surface area (Å²) in [6.07, 6.45) is 5.31. The number of carbonyl (C=O) groups is 1. The monoisotopic (exact) mass is 230 g/mol. The molecule has 0 aliphatic heterocycles. The Balaban J connectivity index is 2.10. The van der Waals surface area contributed by atoms with Crippen molar-refractivity contribution in [3.63, 3.8) is 0 Å². The zero-order valence-electron chi connectivity index (χ0n) is 9.79. The van der Waals surface area contributed by atoms with Gasteiger partial charge >= 0.3 is 0 Å². The van der Waals surface area contributed by atoms with Crippen LogP contribution in [0.1, 0.15) is 10.4 Å². The summed E-state index contributed by atoms with van der Waals surface area (Å²) in [6, 6.07) is 7.35. The quantitative estimate of drug-likeness (QED) is 0.868. The molecule has 0 saturated carbocycles. The predicted molar refractivity (Wildman–Crippen MR) is 65.7 cm³/mol. The van der Waals surface area contributed by atoms with Crippen LogP contribution in [0, 0.1) is 0 Å². The van der Waals surface area contributed by atoms with Crippen LogP contribution in [0.4, 0.5) is 5.82 Å². The fourth-order valence-corrected chi connectivity index (χ4v) is 1.39. The minimum Gasteiger partial charge on any atom is -0.345 e. The van der Waals surface area contributed by atoms with Crippen LogP contribution in [-0.4, -0.2) is 34.6 Å². The number of hydrogen-bond acceptors (Lipinski definition) is 3. The molecule has 2 aromatic rings. The van der Waals surface area contributed by atoms with Gasteiger partial charge in [0.1, 0.15) is 5.82 Å². The maximum atomic E-state index is 11.6. The SMILES string of the molecule is CN(C)C(=O)c1ccc(Nn2cccc2)nc1. The highest BCUT2D eigenvalue weighted by molar-refractivity contribution is 5.93. The maximum absolute atomic E-state index is 11.6. The lowest BCUT2D eigenvalue weighted by Gasteiger charge is -2.10. The van der Waals surface area contributed by atoms with Crippen LogP contribution in [0.5, 0.6) is 0 Å². The summed E-state index contributed by atoms with van der Waals surface area (Å²) >= 11 is 0. The van der Waals surface area contributed by atoms with Crippen molar-refractivity contribution in [2.24, 2.45) is 0 Å². The second-order valence-electron chi connectivity index (χ2n) is 3.83. The van der Waals surface area contributed by atoms with Gasteiger partial charge < -0.3 is 4.90 Å². The average molecular weight is 230 g/mol. The highest BCUT2D eigenvalue weighted by Gasteiger charge is 2.07. The third kappa shape index (κ3) is 2.63. The second kappa shape index (κ2) is 4.69. The Morgan fingerprint density at radius 1 is 1.29 bits per heavy atom. The van der Waals surface area contributed by atoms with Crippen LogP contribution in [0.2, 0.25) is 0 Å². The molecule has 88 valence electrons. The Morgan fingerprint density at radius 2 is 2.00 bits per heavy atom. The normalized spacial score (nSPS) is 10.0. The first-order valence-corrected chi connectivity index (χ1v) is 5.24. The fourth-order valence-electron chi connectivity index (χ4n) is 1.39. The molecule has 0 atom stereocenters. The van der Waals surface area contributed by atoms with Gasteiger partial charge in [0, 0.05) is 32.7 Å². The molecule has 0 aliphatic carbocycles. The topological polar surface area (TPSA) is 50.2 Å². The van der Waals surface area contributed by atoms with E-state index in [9.17, 15) is 4.79 Å². The zero-order chi connectivity index (χ0) is 12.3. The van der Waals surface area contributed by atoms with Gasteiger partial charge in [-0.15, -0.1) is 0 Å². The number of aromatic nitrogens is 2. The number of carbonyl (C=O) groups excluding carboxylic acids is 1. The van der Waals surface area contributed by atoms with E-state index >= 15 is 0 Å². The van der Waals surface area contributed by atoms with Crippen LogP contribution in [0.15, 0.2) is 42.9 Å². The van der Waals surface area contributed by atoms with E-state index in [0.717, 1.165) is 0 Å². The highest BCUT2D eigenvalue weighted by atomic mass is 16.2. The van der Waals surface area contributed by atoms with E-state index in [2.05, 4.69) is 10.4 Å². The van der Waals surface area contributed by atoms with E-state index in [1.807, 2.05) is 24.5 Å². The number of rotatable bonds is 3. The summed E-state index contributed by atoms with van der Waals surface area (Å²) in [7, 11) is 3.43. The molecule has 17 heavy (non-hydrogen) atoms. The van der Waals surface area contributed by atoms with E-state index in [-0.39, 0.29) is 5.91 Å². The van der Waals surface area contributed by atoms with Crippen LogP contribution < -0.4 is 5.43 Å². The first-order chi connectivity index (χ1) is 8.16. The molecule has 0 aliphatic rings. The van der Waals surface area contributed by atoms with Gasteiger partial charge in [-0.2, -0.15) is 0 Å². The van der Waals surface area contributed by atoms with Crippen LogP contribution in [0.25, 0.3) is 0 Å². The summed E-state index contributed by atoms with van der Waals surface area (Å²) in [4.78, 5) is 17.3. The highest BCUT2D eigenvalue weighted by Crippen LogP contribution is 2.07. The lowest BCUT2D eigenvalue weighted by molar-refractivity contribution is 0.0827. The molecular formula is C12H14N4O. The molecule has 0 radical (unpaired) electrons. The lowest BCUT2D eigenvalue weighted by atomic mass is 10.2. The third-order valence-electron chi connectivity index (χ3n) is 2.26. The Labute approximate surface area is 99.7 Å². The van der Waals surface area contributed by atoms with Crippen LogP contribution >= 0.6 is 0 Å². The first kappa shape index (κ1) is 11.2. The molecule has 5 heteroatoms. The Kier molecular flexibility index (Phi) is 3.09. The first-order valence-electron chi connectivity index (χ1n) is 5.24. The molecule has 0 aromatic carbocycles. The molecule has 2 aromatic heterocycles. The fraction of sp³-hybridized carbons (Fsp3) is 0.167. The van der Waals surface area contributed by atoms with Crippen molar-refractivity contribution in [2.75, 3.05) is 19.5 Å². The van der Waals surface area contributed by atoms with Crippen LogP contribution in [0.3, 0.4) is 0 Å². The molecule has 1 amide bonds. The molecule has 2 rings (SSSR count). The molecule has 0 bridgehead atoms. The Morgan fingerprint density at radius 3 is 2.53 bits per heavy atom. The summed E-state index contributed by atoms with van der Waals surface area (Å²) < 4.78 is 1.79. The van der Waals surface area contributed by atoms with Gasteiger partial charge in [0.2, 0.25) is 0 Å². The van der Waals surface area contributed by atoms with Crippen molar-refractivity contribution in [2.45, 2.75) is 0 Å². The number of nitrogens with zero attached hydrogens (tertiary/aromatic N) is 3. The third-order valence-corrected chi connectivity index (χ3v) is 2.26. The Hall–Kier alpha value is -2.30. The minimum absolute atomic E-state index is 0.0509. The molecule has 2 heterocycles. The van der Waals surface area contributed by atoms with Crippen molar-refractivity contribution in [1.29, 1.82) is 0 Å². The molecule has 0 saturated heterocycles. The average Bonchev–Trinajstić information content (AvgIpc) is 2.82. The molecule has 0 fully saturated rings. The lowest BCUT2D eigenvalue weighted by Crippen LogP contribution is -2.21. The van der Waals surface area contributed by atoms with E-state index in [4.69, 9.17) is 0 Å². The minimum atomic E-state index is -0.0509. The van der Waals surface area contributed by atoms with Gasteiger partial charge in [0.25, 0.3) is 5.91 Å². The largest absolute Gasteiger partial charge is 0.345 e. The number of hydrogen-bond donors (Lipinski definition) is 1. The molecule has 0 spiro atoms. The molecule has 5 nitrogen and oxygen atoms in total. The van der Waals surface area contributed by atoms with E-state index in [0.29, 0.717) is 11.4 Å². The number of amides is 1. The van der Waals surface area contributed by atoms with Gasteiger partial charge in [0.05, 0.1) is 5.56 Å². The van der Waals surface area contributed by atoms with Gasteiger partial charge in [-0.25, -0.2) is 4.98 Å². The van der Waals surface area contributed by atoms with E-state index in [1.54, 1.807) is 37.1 Å². The molecule has 0 unspecified atom stereocenters. The van der Waals surface area contributed by atoms with E-state index < -0.39 is 0 Å². The number of pyridine rings is 1. The molecule has 1 N–H and O–H groups in total. The maximum Gasteiger partial charge on any atom is 0.254 e. The second-order valence-corrected chi connectivity index (χ2v) is 3.83. The van der Waals surface area contributed by atoms with Crippen molar-refractivity contribution in [3.05, 3.63) is 48.4 Å². The summed E-state index contributed by atoms with van der Waals surface area (Å²) in [6.45, 7) is 0.